The Balaban J connectivity index is 1.96. The SMILES string of the molecule is CN1CC(NCCNC(=O)OC(C)(C)C)C1. The molecule has 0 aromatic rings. The number of alkyl carbamates (subject to hydrolysis) is 1. The predicted molar refractivity (Wildman–Crippen MR) is 63.5 cm³/mol. The predicted octanol–water partition coefficient (Wildman–Crippen LogP) is 0.415. The van der Waals surface area contributed by atoms with Gasteiger partial charge in [-0.3, -0.25) is 0 Å². The summed E-state index contributed by atoms with van der Waals surface area (Å²) in [7, 11) is 2.09. The zero-order valence-corrected chi connectivity index (χ0v) is 10.7. The van der Waals surface area contributed by atoms with Gasteiger partial charge < -0.3 is 20.3 Å². The molecular formula is C11H23N3O2. The second-order valence-electron chi connectivity index (χ2n) is 5.30. The average molecular weight is 229 g/mol. The molecule has 16 heavy (non-hydrogen) atoms. The van der Waals surface area contributed by atoms with E-state index in [1.54, 1.807) is 0 Å². The quantitative estimate of drug-likeness (QED) is 0.686. The maximum atomic E-state index is 11.3. The molecular weight excluding hydrogens is 206 g/mol. The van der Waals surface area contributed by atoms with E-state index in [2.05, 4.69) is 22.6 Å². The number of ether oxygens (including phenoxy) is 1. The Bertz CT molecular complexity index is 232. The Morgan fingerprint density at radius 1 is 1.38 bits per heavy atom. The highest BCUT2D eigenvalue weighted by Crippen LogP contribution is 2.06. The Morgan fingerprint density at radius 3 is 2.50 bits per heavy atom. The monoisotopic (exact) mass is 229 g/mol. The van der Waals surface area contributed by atoms with E-state index in [1.807, 2.05) is 20.8 Å². The van der Waals surface area contributed by atoms with Crippen molar-refractivity contribution in [2.45, 2.75) is 32.4 Å². The van der Waals surface area contributed by atoms with Crippen LogP contribution in [0, 0.1) is 0 Å². The topological polar surface area (TPSA) is 53.6 Å². The first kappa shape index (κ1) is 13.3. The molecule has 1 aliphatic rings. The number of rotatable bonds is 4. The van der Waals surface area contributed by atoms with Crippen molar-refractivity contribution in [2.75, 3.05) is 33.2 Å². The van der Waals surface area contributed by atoms with Crippen molar-refractivity contribution >= 4 is 6.09 Å². The van der Waals surface area contributed by atoms with Gasteiger partial charge in [0.15, 0.2) is 0 Å². The molecule has 0 bridgehead atoms. The molecule has 5 heteroatoms. The molecule has 0 aromatic heterocycles. The molecule has 5 nitrogen and oxygen atoms in total. The standard InChI is InChI=1S/C11H23N3O2/c1-11(2,3)16-10(15)13-6-5-12-9-7-14(4)8-9/h9,12H,5-8H2,1-4H3,(H,13,15). The zero-order valence-electron chi connectivity index (χ0n) is 10.7. The Labute approximate surface area is 97.5 Å². The van der Waals surface area contributed by atoms with Crippen molar-refractivity contribution < 1.29 is 9.53 Å². The number of hydrogen-bond donors (Lipinski definition) is 2. The number of likely N-dealkylation sites (tertiary alicyclic amines) is 1. The minimum Gasteiger partial charge on any atom is -0.444 e. The van der Waals surface area contributed by atoms with Gasteiger partial charge >= 0.3 is 6.09 Å². The molecule has 2 N–H and O–H groups in total. The van der Waals surface area contributed by atoms with Crippen LogP contribution in [0.25, 0.3) is 0 Å². The molecule has 0 unspecified atom stereocenters. The van der Waals surface area contributed by atoms with E-state index in [1.165, 1.54) is 0 Å². The lowest BCUT2D eigenvalue weighted by atomic mass is 10.1. The van der Waals surface area contributed by atoms with Crippen LogP contribution in [-0.4, -0.2) is 55.9 Å². The summed E-state index contributed by atoms with van der Waals surface area (Å²) in [5.74, 6) is 0. The van der Waals surface area contributed by atoms with Crippen LogP contribution >= 0.6 is 0 Å². The van der Waals surface area contributed by atoms with Gasteiger partial charge in [-0.25, -0.2) is 4.79 Å². The van der Waals surface area contributed by atoms with Gasteiger partial charge in [0.2, 0.25) is 0 Å². The smallest absolute Gasteiger partial charge is 0.407 e. The van der Waals surface area contributed by atoms with E-state index in [0.717, 1.165) is 19.6 Å². The maximum absolute atomic E-state index is 11.3. The van der Waals surface area contributed by atoms with Crippen LogP contribution in [0.15, 0.2) is 0 Å². The minimum atomic E-state index is -0.422. The van der Waals surface area contributed by atoms with E-state index < -0.39 is 5.60 Å². The Hall–Kier alpha value is -0.810. The van der Waals surface area contributed by atoms with E-state index in [0.29, 0.717) is 12.6 Å². The third kappa shape index (κ3) is 5.32. The van der Waals surface area contributed by atoms with Gasteiger partial charge in [0.05, 0.1) is 0 Å². The summed E-state index contributed by atoms with van der Waals surface area (Å²) in [5, 5.41) is 6.07. The number of nitrogens with one attached hydrogen (secondary N) is 2. The van der Waals surface area contributed by atoms with E-state index >= 15 is 0 Å². The van der Waals surface area contributed by atoms with Gasteiger partial charge in [-0.1, -0.05) is 0 Å². The first-order valence-corrected chi connectivity index (χ1v) is 5.75. The fraction of sp³-hybridized carbons (Fsp3) is 0.909. The highest BCUT2D eigenvalue weighted by molar-refractivity contribution is 5.67. The average Bonchev–Trinajstić information content (AvgIpc) is 2.05. The van der Waals surface area contributed by atoms with Gasteiger partial charge in [0, 0.05) is 32.2 Å². The van der Waals surface area contributed by atoms with Crippen molar-refractivity contribution in [1.29, 1.82) is 0 Å². The molecule has 1 aliphatic heterocycles. The fourth-order valence-corrected chi connectivity index (χ4v) is 1.58. The van der Waals surface area contributed by atoms with E-state index in [4.69, 9.17) is 4.74 Å². The summed E-state index contributed by atoms with van der Waals surface area (Å²) in [5.41, 5.74) is -0.422. The van der Waals surface area contributed by atoms with E-state index in [9.17, 15) is 4.79 Å². The van der Waals surface area contributed by atoms with Crippen LogP contribution in [-0.2, 0) is 4.74 Å². The van der Waals surface area contributed by atoms with Crippen molar-refractivity contribution in [1.82, 2.24) is 15.5 Å². The number of likely N-dealkylation sites (N-methyl/N-ethyl adjacent to an activating group) is 1. The third-order valence-electron chi connectivity index (χ3n) is 2.29. The van der Waals surface area contributed by atoms with Crippen molar-refractivity contribution in [3.05, 3.63) is 0 Å². The summed E-state index contributed by atoms with van der Waals surface area (Å²) in [4.78, 5) is 13.5. The molecule has 1 rings (SSSR count). The van der Waals surface area contributed by atoms with Gasteiger partial charge in [-0.05, 0) is 27.8 Å². The lowest BCUT2D eigenvalue weighted by Crippen LogP contribution is -2.57. The first-order valence-electron chi connectivity index (χ1n) is 5.75. The summed E-state index contributed by atoms with van der Waals surface area (Å²) in [6.07, 6.45) is -0.347. The summed E-state index contributed by atoms with van der Waals surface area (Å²) in [6, 6.07) is 0.574. The molecule has 0 aliphatic carbocycles. The van der Waals surface area contributed by atoms with Gasteiger partial charge in [-0.15, -0.1) is 0 Å². The highest BCUT2D eigenvalue weighted by atomic mass is 16.6. The molecule has 1 amide bonds. The van der Waals surface area contributed by atoms with Gasteiger partial charge in [0.1, 0.15) is 5.60 Å². The third-order valence-corrected chi connectivity index (χ3v) is 2.29. The minimum absolute atomic E-state index is 0.347. The fourth-order valence-electron chi connectivity index (χ4n) is 1.58. The largest absolute Gasteiger partial charge is 0.444 e. The van der Waals surface area contributed by atoms with Gasteiger partial charge in [-0.2, -0.15) is 0 Å². The molecule has 0 radical (unpaired) electrons. The molecule has 0 saturated carbocycles. The maximum Gasteiger partial charge on any atom is 0.407 e. The van der Waals surface area contributed by atoms with E-state index in [-0.39, 0.29) is 6.09 Å². The van der Waals surface area contributed by atoms with Crippen molar-refractivity contribution in [2.24, 2.45) is 0 Å². The van der Waals surface area contributed by atoms with Crippen LogP contribution in [0.2, 0.25) is 0 Å². The number of carbonyl (C=O) groups is 1. The second-order valence-corrected chi connectivity index (χ2v) is 5.30. The summed E-state index contributed by atoms with van der Waals surface area (Å²) >= 11 is 0. The van der Waals surface area contributed by atoms with Crippen LogP contribution in [0.4, 0.5) is 4.79 Å². The molecule has 0 atom stereocenters. The molecule has 0 aromatic carbocycles. The summed E-state index contributed by atoms with van der Waals surface area (Å²) < 4.78 is 5.12. The lowest BCUT2D eigenvalue weighted by molar-refractivity contribution is 0.0526. The van der Waals surface area contributed by atoms with Crippen LogP contribution < -0.4 is 10.6 Å². The second kappa shape index (κ2) is 5.50. The van der Waals surface area contributed by atoms with Crippen molar-refractivity contribution in [3.63, 3.8) is 0 Å². The number of amides is 1. The molecule has 94 valence electrons. The Morgan fingerprint density at radius 2 is 2.00 bits per heavy atom. The van der Waals surface area contributed by atoms with Crippen molar-refractivity contribution in [3.8, 4) is 0 Å². The molecule has 1 saturated heterocycles. The molecule has 0 spiro atoms. The Kier molecular flexibility index (Phi) is 4.56. The van der Waals surface area contributed by atoms with Gasteiger partial charge in [0.25, 0.3) is 0 Å². The summed E-state index contributed by atoms with van der Waals surface area (Å²) in [6.45, 7) is 9.14. The number of hydrogen-bond acceptors (Lipinski definition) is 4. The zero-order chi connectivity index (χ0) is 12.2. The van der Waals surface area contributed by atoms with Crippen LogP contribution in [0.5, 0.6) is 0 Å². The molecule has 1 fully saturated rings. The normalized spacial score (nSPS) is 18.0. The van der Waals surface area contributed by atoms with Crippen LogP contribution in [0.3, 0.4) is 0 Å². The lowest BCUT2D eigenvalue weighted by Gasteiger charge is -2.36. The number of carbonyl (C=O) groups excluding carboxylic acids is 1. The first-order chi connectivity index (χ1) is 7.37. The van der Waals surface area contributed by atoms with Crippen LogP contribution in [0.1, 0.15) is 20.8 Å². The molecule has 1 heterocycles. The highest BCUT2D eigenvalue weighted by Gasteiger charge is 2.22. The number of nitrogens with zero attached hydrogens (tertiary/aromatic N) is 1.